The molecule has 2 aromatic rings. The molecular weight excluding hydrogens is 300 g/mol. The zero-order chi connectivity index (χ0) is 16.3. The van der Waals surface area contributed by atoms with E-state index in [1.807, 2.05) is 13.0 Å². The summed E-state index contributed by atoms with van der Waals surface area (Å²) in [5, 5.41) is 0.791. The summed E-state index contributed by atoms with van der Waals surface area (Å²) in [4.78, 5) is 30.8. The van der Waals surface area contributed by atoms with Crippen molar-refractivity contribution in [1.29, 1.82) is 0 Å². The van der Waals surface area contributed by atoms with Crippen LogP contribution in [-0.2, 0) is 9.53 Å². The van der Waals surface area contributed by atoms with Crippen LogP contribution in [0.5, 0.6) is 0 Å². The molecule has 22 heavy (non-hydrogen) atoms. The molecule has 1 atom stereocenters. The number of thiazole rings is 1. The van der Waals surface area contributed by atoms with Crippen LogP contribution in [0.2, 0.25) is 0 Å². The van der Waals surface area contributed by atoms with Crippen LogP contribution >= 0.6 is 11.3 Å². The predicted octanol–water partition coefficient (Wildman–Crippen LogP) is 2.75. The van der Waals surface area contributed by atoms with Crippen molar-refractivity contribution in [3.05, 3.63) is 51.5 Å². The molecule has 0 N–H and O–H groups in total. The molecule has 1 unspecified atom stereocenters. The van der Waals surface area contributed by atoms with Crippen molar-refractivity contribution >= 4 is 23.2 Å². The Morgan fingerprint density at radius 1 is 1.18 bits per heavy atom. The van der Waals surface area contributed by atoms with E-state index in [4.69, 9.17) is 4.74 Å². The zero-order valence-corrected chi connectivity index (χ0v) is 13.8. The Labute approximate surface area is 133 Å². The fourth-order valence-corrected chi connectivity index (χ4v) is 2.81. The van der Waals surface area contributed by atoms with Gasteiger partial charge >= 0.3 is 5.97 Å². The van der Waals surface area contributed by atoms with Crippen molar-refractivity contribution in [2.45, 2.75) is 20.0 Å². The van der Waals surface area contributed by atoms with E-state index in [0.717, 1.165) is 5.01 Å². The Kier molecular flexibility index (Phi) is 4.92. The summed E-state index contributed by atoms with van der Waals surface area (Å²) in [6.45, 7) is 3.58. The predicted molar refractivity (Wildman–Crippen MR) is 84.9 cm³/mol. The average Bonchev–Trinajstić information content (AvgIpc) is 2.83. The van der Waals surface area contributed by atoms with E-state index in [9.17, 15) is 9.59 Å². The number of carbonyl (C=O) groups excluding carboxylic acids is 2. The van der Waals surface area contributed by atoms with Gasteiger partial charge in [-0.3, -0.25) is 4.79 Å². The molecule has 0 aliphatic rings. The van der Waals surface area contributed by atoms with Crippen LogP contribution in [0, 0.1) is 13.8 Å². The summed E-state index contributed by atoms with van der Waals surface area (Å²) in [5.74, 6) is -0.800. The van der Waals surface area contributed by atoms with Gasteiger partial charge in [-0.15, -0.1) is 11.3 Å². The molecule has 0 aliphatic carbocycles. The maximum atomic E-state index is 12.4. The zero-order valence-electron chi connectivity index (χ0n) is 13.0. The molecule has 0 spiro atoms. The lowest BCUT2D eigenvalue weighted by Gasteiger charge is -2.21. The molecule has 1 aromatic carbocycles. The van der Waals surface area contributed by atoms with Crippen LogP contribution in [0.4, 0.5) is 0 Å². The van der Waals surface area contributed by atoms with Crippen LogP contribution in [0.15, 0.2) is 30.3 Å². The minimum atomic E-state index is -0.953. The van der Waals surface area contributed by atoms with E-state index in [1.165, 1.54) is 16.2 Å². The summed E-state index contributed by atoms with van der Waals surface area (Å²) >= 11 is 1.27. The van der Waals surface area contributed by atoms with Crippen molar-refractivity contribution in [3.8, 4) is 0 Å². The van der Waals surface area contributed by atoms with Crippen LogP contribution in [0.3, 0.4) is 0 Å². The molecule has 5 nitrogen and oxygen atoms in total. The Hall–Kier alpha value is -2.21. The molecule has 0 bridgehead atoms. The quantitative estimate of drug-likeness (QED) is 0.813. The normalized spacial score (nSPS) is 11.8. The molecule has 0 saturated heterocycles. The highest BCUT2D eigenvalue weighted by atomic mass is 32.1. The molecule has 116 valence electrons. The largest absolute Gasteiger partial charge is 0.443 e. The average molecular weight is 318 g/mol. The Morgan fingerprint density at radius 2 is 1.82 bits per heavy atom. The summed E-state index contributed by atoms with van der Waals surface area (Å²) < 4.78 is 5.48. The Morgan fingerprint density at radius 3 is 2.32 bits per heavy atom. The smallest absolute Gasteiger partial charge is 0.351 e. The van der Waals surface area contributed by atoms with Gasteiger partial charge in [-0.25, -0.2) is 9.78 Å². The van der Waals surface area contributed by atoms with Gasteiger partial charge in [-0.2, -0.15) is 0 Å². The second kappa shape index (κ2) is 6.70. The third-order valence-corrected chi connectivity index (χ3v) is 4.13. The fourth-order valence-electron chi connectivity index (χ4n) is 2.00. The van der Waals surface area contributed by atoms with Gasteiger partial charge in [-0.05, 0) is 13.8 Å². The number of aryl methyl sites for hydroxylation is 2. The maximum Gasteiger partial charge on any atom is 0.351 e. The van der Waals surface area contributed by atoms with Gasteiger partial charge in [0.1, 0.15) is 4.88 Å². The molecule has 6 heteroatoms. The molecule has 0 fully saturated rings. The number of aromatic nitrogens is 1. The number of rotatable bonds is 4. The number of carbonyl (C=O) groups is 2. The first-order valence-electron chi connectivity index (χ1n) is 6.81. The van der Waals surface area contributed by atoms with Gasteiger partial charge in [0.25, 0.3) is 5.91 Å². The number of hydrogen-bond donors (Lipinski definition) is 0. The topological polar surface area (TPSA) is 59.5 Å². The first-order valence-corrected chi connectivity index (χ1v) is 7.63. The van der Waals surface area contributed by atoms with Gasteiger partial charge in [-0.1, -0.05) is 30.3 Å². The lowest BCUT2D eigenvalue weighted by molar-refractivity contribution is -0.138. The number of ether oxygens (including phenoxy) is 1. The number of benzene rings is 1. The van der Waals surface area contributed by atoms with Gasteiger partial charge in [0, 0.05) is 19.7 Å². The summed E-state index contributed by atoms with van der Waals surface area (Å²) in [7, 11) is 3.27. The van der Waals surface area contributed by atoms with Crippen molar-refractivity contribution < 1.29 is 14.3 Å². The van der Waals surface area contributed by atoms with Crippen molar-refractivity contribution in [3.63, 3.8) is 0 Å². The molecule has 1 aromatic heterocycles. The number of esters is 1. The van der Waals surface area contributed by atoms with Gasteiger partial charge < -0.3 is 9.64 Å². The lowest BCUT2D eigenvalue weighted by Crippen LogP contribution is -2.31. The van der Waals surface area contributed by atoms with E-state index in [1.54, 1.807) is 45.3 Å². The molecule has 0 saturated carbocycles. The van der Waals surface area contributed by atoms with Crippen LogP contribution < -0.4 is 0 Å². The minimum absolute atomic E-state index is 0.279. The minimum Gasteiger partial charge on any atom is -0.443 e. The van der Waals surface area contributed by atoms with Crippen molar-refractivity contribution in [2.75, 3.05) is 14.1 Å². The Balaban J connectivity index is 2.29. The third kappa shape index (κ3) is 3.51. The molecular formula is C16H18N2O3S. The first-order chi connectivity index (χ1) is 10.4. The standard InChI is InChI=1S/C16H18N2O3S/c1-10-14(22-11(2)17-10)16(20)21-13(15(19)18(3)4)12-8-6-5-7-9-12/h5-9,13H,1-4H3. The second-order valence-electron chi connectivity index (χ2n) is 5.08. The highest BCUT2D eigenvalue weighted by molar-refractivity contribution is 7.13. The number of nitrogens with zero attached hydrogens (tertiary/aromatic N) is 2. The van der Waals surface area contributed by atoms with Crippen molar-refractivity contribution in [1.82, 2.24) is 9.88 Å². The molecule has 1 amide bonds. The molecule has 0 aliphatic heterocycles. The highest BCUT2D eigenvalue weighted by Gasteiger charge is 2.28. The number of likely N-dealkylation sites (N-methyl/N-ethyl adjacent to an activating group) is 1. The lowest BCUT2D eigenvalue weighted by atomic mass is 10.1. The van der Waals surface area contributed by atoms with Crippen LogP contribution in [0.1, 0.15) is 32.0 Å². The third-order valence-electron chi connectivity index (χ3n) is 3.08. The fraction of sp³-hybridized carbons (Fsp3) is 0.312. The summed E-state index contributed by atoms with van der Waals surface area (Å²) in [6, 6.07) is 9.00. The first kappa shape index (κ1) is 16.2. The Bertz CT molecular complexity index is 680. The van der Waals surface area contributed by atoms with Gasteiger partial charge in [0.15, 0.2) is 0 Å². The van der Waals surface area contributed by atoms with E-state index >= 15 is 0 Å². The highest BCUT2D eigenvalue weighted by Crippen LogP contribution is 2.24. The van der Waals surface area contributed by atoms with Crippen molar-refractivity contribution in [2.24, 2.45) is 0 Å². The van der Waals surface area contributed by atoms with Gasteiger partial charge in [0.05, 0.1) is 10.7 Å². The second-order valence-corrected chi connectivity index (χ2v) is 6.28. The van der Waals surface area contributed by atoms with E-state index in [-0.39, 0.29) is 5.91 Å². The van der Waals surface area contributed by atoms with Gasteiger partial charge in [0.2, 0.25) is 6.10 Å². The SMILES string of the molecule is Cc1nc(C)c(C(=O)OC(C(=O)N(C)C)c2ccccc2)s1. The number of amides is 1. The van der Waals surface area contributed by atoms with Crippen LogP contribution in [0.25, 0.3) is 0 Å². The number of hydrogen-bond acceptors (Lipinski definition) is 5. The summed E-state index contributed by atoms with van der Waals surface area (Å²) in [6.07, 6.45) is -0.953. The van der Waals surface area contributed by atoms with Crippen LogP contribution in [-0.4, -0.2) is 35.9 Å². The monoisotopic (exact) mass is 318 g/mol. The van der Waals surface area contributed by atoms with E-state index in [2.05, 4.69) is 4.98 Å². The maximum absolute atomic E-state index is 12.4. The summed E-state index contributed by atoms with van der Waals surface area (Å²) in [5.41, 5.74) is 1.27. The van der Waals surface area contributed by atoms with E-state index < -0.39 is 12.1 Å². The van der Waals surface area contributed by atoms with E-state index in [0.29, 0.717) is 16.1 Å². The molecule has 2 rings (SSSR count). The molecule has 1 heterocycles. The molecule has 0 radical (unpaired) electrons.